The highest BCUT2D eigenvalue weighted by atomic mass is 16.1. The van der Waals surface area contributed by atoms with Gasteiger partial charge in [0.2, 0.25) is 7.28 Å². The van der Waals surface area contributed by atoms with Crippen LogP contribution < -0.4 is 5.46 Å². The van der Waals surface area contributed by atoms with Crippen molar-refractivity contribution in [2.45, 2.75) is 20.3 Å². The van der Waals surface area contributed by atoms with E-state index in [1.807, 2.05) is 38.1 Å². The van der Waals surface area contributed by atoms with Crippen molar-refractivity contribution in [1.29, 1.82) is 0 Å². The van der Waals surface area contributed by atoms with Crippen molar-refractivity contribution in [2.75, 3.05) is 0 Å². The molecule has 61 valence electrons. The molecule has 0 unspecified atom stereocenters. The van der Waals surface area contributed by atoms with Crippen LogP contribution in [0.4, 0.5) is 0 Å². The van der Waals surface area contributed by atoms with E-state index >= 15 is 0 Å². The number of carbonyl (C=O) groups is 1. The van der Waals surface area contributed by atoms with Gasteiger partial charge in [-0.05, 0) is 5.56 Å². The maximum atomic E-state index is 10.8. The van der Waals surface area contributed by atoms with Crippen molar-refractivity contribution in [2.24, 2.45) is 0 Å². The molecule has 0 spiro atoms. The zero-order valence-corrected chi connectivity index (χ0v) is 7.50. The highest BCUT2D eigenvalue weighted by Crippen LogP contribution is 2.03. The second-order valence-electron chi connectivity index (χ2n) is 2.49. The van der Waals surface area contributed by atoms with Crippen LogP contribution in [0.1, 0.15) is 19.4 Å². The normalized spacial score (nSPS) is 12.7. The minimum atomic E-state index is 0.223. The average molecular weight is 159 g/mol. The molecule has 0 aromatic heterocycles. The lowest BCUT2D eigenvalue weighted by atomic mass is 9.71. The van der Waals surface area contributed by atoms with Gasteiger partial charge in [0.1, 0.15) is 0 Å². The topological polar surface area (TPSA) is 17.1 Å². The third-order valence-corrected chi connectivity index (χ3v) is 1.74. The van der Waals surface area contributed by atoms with E-state index in [4.69, 9.17) is 0 Å². The summed E-state index contributed by atoms with van der Waals surface area (Å²) in [7, 11) is 1.70. The molecular formula is C10H12BO. The molecule has 12 heavy (non-hydrogen) atoms. The molecule has 1 radical (unpaired) electrons. The Hall–Kier alpha value is -1.05. The van der Waals surface area contributed by atoms with Gasteiger partial charge in [0.05, 0.1) is 5.68 Å². The average Bonchev–Trinajstić information content (AvgIpc) is 2.48. The number of hydrogen-bond acceptors (Lipinski definition) is 1. The first-order valence-electron chi connectivity index (χ1n) is 4.32. The summed E-state index contributed by atoms with van der Waals surface area (Å²) in [6.07, 6.45) is 0.593. The number of hydrogen-bond donors (Lipinski definition) is 0. The summed E-state index contributed by atoms with van der Waals surface area (Å²) in [5, 5.41) is 0. The van der Waals surface area contributed by atoms with Crippen LogP contribution in [0, 0.1) is 0 Å². The quantitative estimate of drug-likeness (QED) is 0.518. The largest absolute Gasteiger partial charge is 0.311 e. The molecule has 1 heterocycles. The molecule has 0 saturated carbocycles. The Morgan fingerprint density at radius 1 is 1.25 bits per heavy atom. The molecule has 1 aromatic rings. The van der Waals surface area contributed by atoms with Gasteiger partial charge in [-0.3, -0.25) is 0 Å². The second-order valence-corrected chi connectivity index (χ2v) is 2.49. The van der Waals surface area contributed by atoms with Crippen LogP contribution in [0.25, 0.3) is 0 Å². The van der Waals surface area contributed by atoms with E-state index in [9.17, 15) is 4.79 Å². The monoisotopic (exact) mass is 159 g/mol. The van der Waals surface area contributed by atoms with E-state index in [1.54, 1.807) is 7.28 Å². The highest BCUT2D eigenvalue weighted by Gasteiger charge is 2.18. The van der Waals surface area contributed by atoms with Crippen LogP contribution in [0.2, 0.25) is 0 Å². The van der Waals surface area contributed by atoms with Crippen molar-refractivity contribution >= 4 is 18.4 Å². The molecule has 2 heteroatoms. The van der Waals surface area contributed by atoms with E-state index in [2.05, 4.69) is 0 Å². The molecule has 1 aliphatic heterocycles. The van der Waals surface area contributed by atoms with E-state index in [0.717, 1.165) is 11.0 Å². The summed E-state index contributed by atoms with van der Waals surface area (Å²) in [5.41, 5.74) is 2.47. The Bertz CT molecular complexity index is 254. The van der Waals surface area contributed by atoms with Crippen LogP contribution >= 0.6 is 0 Å². The summed E-state index contributed by atoms with van der Waals surface area (Å²) in [4.78, 5) is 10.8. The van der Waals surface area contributed by atoms with Crippen molar-refractivity contribution in [1.82, 2.24) is 0 Å². The van der Waals surface area contributed by atoms with Crippen molar-refractivity contribution in [3.8, 4) is 0 Å². The predicted octanol–water partition coefficient (Wildman–Crippen LogP) is 1.12. The third-order valence-electron chi connectivity index (χ3n) is 1.74. The molecule has 1 aromatic carbocycles. The summed E-state index contributed by atoms with van der Waals surface area (Å²) < 4.78 is 0. The van der Waals surface area contributed by atoms with Gasteiger partial charge in [-0.1, -0.05) is 43.6 Å². The first-order valence-corrected chi connectivity index (χ1v) is 4.32. The summed E-state index contributed by atoms with van der Waals surface area (Å²) >= 11 is 0. The van der Waals surface area contributed by atoms with Crippen LogP contribution in [-0.4, -0.2) is 13.0 Å². The van der Waals surface area contributed by atoms with E-state index in [-0.39, 0.29) is 5.68 Å². The number of fused-ring (bicyclic) bond motifs is 1. The lowest BCUT2D eigenvalue weighted by molar-refractivity contribution is -0.111. The predicted molar refractivity (Wildman–Crippen MR) is 51.9 cm³/mol. The Morgan fingerprint density at radius 3 is 2.58 bits per heavy atom. The lowest BCUT2D eigenvalue weighted by Gasteiger charge is -1.92. The van der Waals surface area contributed by atoms with Gasteiger partial charge < -0.3 is 4.79 Å². The van der Waals surface area contributed by atoms with Crippen LogP contribution in [0.3, 0.4) is 0 Å². The molecule has 0 fully saturated rings. The molecule has 1 aliphatic rings. The Balaban J connectivity index is 0.000000336. The molecule has 0 aliphatic carbocycles. The number of rotatable bonds is 0. The fourth-order valence-electron chi connectivity index (χ4n) is 1.25. The molecule has 0 N–H and O–H groups in total. The van der Waals surface area contributed by atoms with Crippen LogP contribution in [0.15, 0.2) is 24.3 Å². The number of carbonyl (C=O) groups excluding carboxylic acids is 1. The SMILES string of the molecule is CC.O=C1[B]c2ccccc2C1. The summed E-state index contributed by atoms with van der Waals surface area (Å²) in [6.45, 7) is 4.00. The second kappa shape index (κ2) is 4.10. The Morgan fingerprint density at radius 2 is 1.92 bits per heavy atom. The molecule has 0 atom stereocenters. The standard InChI is InChI=1S/C8H6BO.C2H6/c10-8-5-6-3-1-2-4-7(6)9-8;1-2/h1-4H,5H2;1-2H3. The first-order chi connectivity index (χ1) is 5.86. The minimum Gasteiger partial charge on any atom is -0.311 e. The fraction of sp³-hybridized carbons (Fsp3) is 0.300. The first kappa shape index (κ1) is 9.05. The third kappa shape index (κ3) is 1.76. The molecule has 0 saturated heterocycles. The molecular weight excluding hydrogens is 147 g/mol. The lowest BCUT2D eigenvalue weighted by Crippen LogP contribution is -2.14. The Kier molecular flexibility index (Phi) is 3.09. The zero-order valence-electron chi connectivity index (χ0n) is 7.50. The molecule has 2 rings (SSSR count). The van der Waals surface area contributed by atoms with Gasteiger partial charge in [-0.25, -0.2) is 0 Å². The van der Waals surface area contributed by atoms with Gasteiger partial charge >= 0.3 is 0 Å². The minimum absolute atomic E-state index is 0.223. The van der Waals surface area contributed by atoms with Crippen molar-refractivity contribution in [3.63, 3.8) is 0 Å². The van der Waals surface area contributed by atoms with Gasteiger partial charge in [-0.15, -0.1) is 0 Å². The fourth-order valence-corrected chi connectivity index (χ4v) is 1.25. The van der Waals surface area contributed by atoms with Gasteiger partial charge in [0, 0.05) is 6.42 Å². The van der Waals surface area contributed by atoms with Crippen LogP contribution in [0.5, 0.6) is 0 Å². The number of benzene rings is 1. The smallest absolute Gasteiger partial charge is 0.241 e. The Labute approximate surface area is 74.0 Å². The van der Waals surface area contributed by atoms with E-state index in [0.29, 0.717) is 6.42 Å². The van der Waals surface area contributed by atoms with E-state index < -0.39 is 0 Å². The highest BCUT2D eigenvalue weighted by molar-refractivity contribution is 6.86. The van der Waals surface area contributed by atoms with E-state index in [1.165, 1.54) is 0 Å². The van der Waals surface area contributed by atoms with Gasteiger partial charge in [0.15, 0.2) is 0 Å². The summed E-state index contributed by atoms with van der Waals surface area (Å²) in [6, 6.07) is 7.89. The maximum absolute atomic E-state index is 10.8. The molecule has 0 amide bonds. The zero-order chi connectivity index (χ0) is 8.97. The molecule has 1 nitrogen and oxygen atoms in total. The van der Waals surface area contributed by atoms with Gasteiger partial charge in [-0.2, -0.15) is 0 Å². The van der Waals surface area contributed by atoms with Gasteiger partial charge in [0.25, 0.3) is 0 Å². The van der Waals surface area contributed by atoms with Crippen molar-refractivity contribution in [3.05, 3.63) is 29.8 Å². The van der Waals surface area contributed by atoms with Crippen molar-refractivity contribution < 1.29 is 4.79 Å². The van der Waals surface area contributed by atoms with Crippen LogP contribution in [-0.2, 0) is 11.2 Å². The maximum Gasteiger partial charge on any atom is 0.241 e. The summed E-state index contributed by atoms with van der Waals surface area (Å²) in [5.74, 6) is 0. The molecule has 0 bridgehead atoms.